The molecule has 1 atom stereocenters. The van der Waals surface area contributed by atoms with Crippen LogP contribution in [0.5, 0.6) is 0 Å². The van der Waals surface area contributed by atoms with Crippen molar-refractivity contribution in [3.63, 3.8) is 0 Å². The summed E-state index contributed by atoms with van der Waals surface area (Å²) in [5.41, 5.74) is 2.00. The summed E-state index contributed by atoms with van der Waals surface area (Å²) in [6, 6.07) is 5.62. The van der Waals surface area contributed by atoms with Crippen LogP contribution >= 0.6 is 0 Å². The highest BCUT2D eigenvalue weighted by atomic mass is 16.5. The van der Waals surface area contributed by atoms with Crippen LogP contribution in [0.25, 0.3) is 10.9 Å². The number of aryl methyl sites for hydroxylation is 1. The topological polar surface area (TPSA) is 67.4 Å². The van der Waals surface area contributed by atoms with Gasteiger partial charge in [0.2, 0.25) is 5.91 Å². The SMILES string of the molecule is Cc1cccc2c(NC(C)C(=O)N3CCOCC3)ncnc12. The van der Waals surface area contributed by atoms with E-state index in [1.807, 2.05) is 36.9 Å². The van der Waals surface area contributed by atoms with E-state index in [0.717, 1.165) is 16.5 Å². The van der Waals surface area contributed by atoms with Crippen molar-refractivity contribution >= 4 is 22.6 Å². The van der Waals surface area contributed by atoms with E-state index < -0.39 is 0 Å². The lowest BCUT2D eigenvalue weighted by molar-refractivity contribution is -0.135. The predicted octanol–water partition coefficient (Wildman–Crippen LogP) is 1.60. The number of rotatable bonds is 3. The summed E-state index contributed by atoms with van der Waals surface area (Å²) in [6.07, 6.45) is 1.53. The van der Waals surface area contributed by atoms with Crippen molar-refractivity contribution in [1.82, 2.24) is 14.9 Å². The Balaban J connectivity index is 1.80. The highest BCUT2D eigenvalue weighted by Crippen LogP contribution is 2.22. The molecule has 1 aliphatic heterocycles. The number of benzene rings is 1. The van der Waals surface area contributed by atoms with Gasteiger partial charge in [-0.1, -0.05) is 12.1 Å². The van der Waals surface area contributed by atoms with Crippen LogP contribution < -0.4 is 5.32 Å². The van der Waals surface area contributed by atoms with Crippen molar-refractivity contribution in [2.75, 3.05) is 31.6 Å². The number of carbonyl (C=O) groups is 1. The number of morpholine rings is 1. The zero-order valence-electron chi connectivity index (χ0n) is 12.9. The zero-order chi connectivity index (χ0) is 15.5. The maximum absolute atomic E-state index is 12.5. The highest BCUT2D eigenvalue weighted by Gasteiger charge is 2.23. The number of nitrogens with one attached hydrogen (secondary N) is 1. The van der Waals surface area contributed by atoms with Gasteiger partial charge in [-0.3, -0.25) is 4.79 Å². The van der Waals surface area contributed by atoms with Crippen molar-refractivity contribution in [3.05, 3.63) is 30.1 Å². The second kappa shape index (κ2) is 6.27. The van der Waals surface area contributed by atoms with E-state index >= 15 is 0 Å². The summed E-state index contributed by atoms with van der Waals surface area (Å²) in [4.78, 5) is 22.9. The monoisotopic (exact) mass is 300 g/mol. The number of carbonyl (C=O) groups excluding carboxylic acids is 1. The van der Waals surface area contributed by atoms with E-state index in [1.165, 1.54) is 6.33 Å². The van der Waals surface area contributed by atoms with Gasteiger partial charge in [-0.05, 0) is 25.5 Å². The van der Waals surface area contributed by atoms with Gasteiger partial charge in [0.15, 0.2) is 0 Å². The Morgan fingerprint density at radius 3 is 2.86 bits per heavy atom. The Kier molecular flexibility index (Phi) is 4.20. The molecule has 0 spiro atoms. The number of hydrogen-bond donors (Lipinski definition) is 1. The number of amides is 1. The van der Waals surface area contributed by atoms with Crippen LogP contribution in [0.4, 0.5) is 5.82 Å². The maximum Gasteiger partial charge on any atom is 0.244 e. The third-order valence-electron chi connectivity index (χ3n) is 3.91. The highest BCUT2D eigenvalue weighted by molar-refractivity contribution is 5.93. The van der Waals surface area contributed by atoms with Gasteiger partial charge in [0.05, 0.1) is 18.7 Å². The molecule has 1 aliphatic rings. The van der Waals surface area contributed by atoms with Gasteiger partial charge < -0.3 is 15.0 Å². The number of para-hydroxylation sites is 1. The third-order valence-corrected chi connectivity index (χ3v) is 3.91. The average Bonchev–Trinajstić information content (AvgIpc) is 2.56. The lowest BCUT2D eigenvalue weighted by Gasteiger charge is -2.29. The summed E-state index contributed by atoms with van der Waals surface area (Å²) in [5, 5.41) is 4.16. The molecule has 2 heterocycles. The minimum Gasteiger partial charge on any atom is -0.378 e. The standard InChI is InChI=1S/C16H20N4O2/c1-11-4-3-5-13-14(11)17-10-18-15(13)19-12(2)16(21)20-6-8-22-9-7-20/h3-5,10,12H,6-9H2,1-2H3,(H,17,18,19). The molecule has 0 bridgehead atoms. The van der Waals surface area contributed by atoms with Gasteiger partial charge in [-0.25, -0.2) is 9.97 Å². The van der Waals surface area contributed by atoms with Crippen LogP contribution in [0, 0.1) is 6.92 Å². The Bertz CT molecular complexity index is 683. The maximum atomic E-state index is 12.5. The molecule has 2 aromatic rings. The molecule has 22 heavy (non-hydrogen) atoms. The fourth-order valence-corrected chi connectivity index (χ4v) is 2.67. The van der Waals surface area contributed by atoms with Gasteiger partial charge in [0.1, 0.15) is 18.2 Å². The Morgan fingerprint density at radius 1 is 1.32 bits per heavy atom. The smallest absolute Gasteiger partial charge is 0.244 e. The molecule has 1 unspecified atom stereocenters. The van der Waals surface area contributed by atoms with Crippen molar-refractivity contribution in [1.29, 1.82) is 0 Å². The van der Waals surface area contributed by atoms with Crippen LogP contribution in [0.15, 0.2) is 24.5 Å². The Labute approximate surface area is 129 Å². The Hall–Kier alpha value is -2.21. The molecule has 1 aromatic carbocycles. The number of hydrogen-bond acceptors (Lipinski definition) is 5. The number of fused-ring (bicyclic) bond motifs is 1. The van der Waals surface area contributed by atoms with E-state index in [0.29, 0.717) is 32.1 Å². The first-order valence-electron chi connectivity index (χ1n) is 7.50. The molecule has 0 aliphatic carbocycles. The molecule has 6 nitrogen and oxygen atoms in total. The number of aromatic nitrogens is 2. The molecule has 6 heteroatoms. The van der Waals surface area contributed by atoms with Crippen molar-refractivity contribution < 1.29 is 9.53 Å². The molecule has 1 saturated heterocycles. The molecule has 116 valence electrons. The van der Waals surface area contributed by atoms with Gasteiger partial charge in [0.25, 0.3) is 0 Å². The van der Waals surface area contributed by atoms with Crippen LogP contribution in [-0.4, -0.2) is 53.1 Å². The average molecular weight is 300 g/mol. The first-order chi connectivity index (χ1) is 10.7. The fourth-order valence-electron chi connectivity index (χ4n) is 2.67. The van der Waals surface area contributed by atoms with Gasteiger partial charge >= 0.3 is 0 Å². The molecular weight excluding hydrogens is 280 g/mol. The van der Waals surface area contributed by atoms with E-state index in [2.05, 4.69) is 15.3 Å². The van der Waals surface area contributed by atoms with E-state index in [-0.39, 0.29) is 11.9 Å². The summed E-state index contributed by atoms with van der Waals surface area (Å²) in [6.45, 7) is 6.38. The molecule has 0 saturated carbocycles. The first-order valence-corrected chi connectivity index (χ1v) is 7.50. The van der Waals surface area contributed by atoms with Gasteiger partial charge in [-0.15, -0.1) is 0 Å². The molecule has 1 fully saturated rings. The summed E-state index contributed by atoms with van der Waals surface area (Å²) in [7, 11) is 0. The predicted molar refractivity (Wildman–Crippen MR) is 84.8 cm³/mol. The Morgan fingerprint density at radius 2 is 2.09 bits per heavy atom. The zero-order valence-corrected chi connectivity index (χ0v) is 12.9. The lowest BCUT2D eigenvalue weighted by atomic mass is 10.1. The largest absolute Gasteiger partial charge is 0.378 e. The fraction of sp³-hybridized carbons (Fsp3) is 0.438. The summed E-state index contributed by atoms with van der Waals surface area (Å²) in [5.74, 6) is 0.769. The number of nitrogens with zero attached hydrogens (tertiary/aromatic N) is 3. The van der Waals surface area contributed by atoms with E-state index in [1.54, 1.807) is 0 Å². The van der Waals surface area contributed by atoms with Crippen LogP contribution in [-0.2, 0) is 9.53 Å². The first kappa shape index (κ1) is 14.7. The molecule has 0 radical (unpaired) electrons. The number of ether oxygens (including phenoxy) is 1. The van der Waals surface area contributed by atoms with Crippen molar-refractivity contribution in [3.8, 4) is 0 Å². The third kappa shape index (κ3) is 2.87. The van der Waals surface area contributed by atoms with E-state index in [9.17, 15) is 4.79 Å². The second-order valence-electron chi connectivity index (χ2n) is 5.50. The normalized spacial score (nSPS) is 16.5. The van der Waals surface area contributed by atoms with Crippen LogP contribution in [0.3, 0.4) is 0 Å². The number of anilines is 1. The summed E-state index contributed by atoms with van der Waals surface area (Å²) < 4.78 is 5.28. The van der Waals surface area contributed by atoms with Crippen LogP contribution in [0.1, 0.15) is 12.5 Å². The van der Waals surface area contributed by atoms with Crippen molar-refractivity contribution in [2.45, 2.75) is 19.9 Å². The summed E-state index contributed by atoms with van der Waals surface area (Å²) >= 11 is 0. The molecule has 3 rings (SSSR count). The molecule has 1 aromatic heterocycles. The molecular formula is C16H20N4O2. The molecule has 1 N–H and O–H groups in total. The molecule has 1 amide bonds. The van der Waals surface area contributed by atoms with Gasteiger partial charge in [-0.2, -0.15) is 0 Å². The van der Waals surface area contributed by atoms with Crippen molar-refractivity contribution in [2.24, 2.45) is 0 Å². The minimum atomic E-state index is -0.336. The minimum absolute atomic E-state index is 0.0720. The second-order valence-corrected chi connectivity index (χ2v) is 5.50. The van der Waals surface area contributed by atoms with Gasteiger partial charge in [0, 0.05) is 18.5 Å². The quantitative estimate of drug-likeness (QED) is 0.932. The lowest BCUT2D eigenvalue weighted by Crippen LogP contribution is -2.47. The van der Waals surface area contributed by atoms with E-state index in [4.69, 9.17) is 4.74 Å². The van der Waals surface area contributed by atoms with Crippen LogP contribution in [0.2, 0.25) is 0 Å².